The Balaban J connectivity index is 4.63. The molecule has 0 saturated carbocycles. The first-order chi connectivity index (χ1) is 27.7. The van der Waals surface area contributed by atoms with Crippen molar-refractivity contribution < 1.29 is 24.2 Å². The fourth-order valence-electron chi connectivity index (χ4n) is 8.39. The normalized spacial score (nSPS) is 13.8. The third-order valence-corrected chi connectivity index (χ3v) is 12.4. The van der Waals surface area contributed by atoms with Crippen LogP contribution in [0, 0.1) is 11.8 Å². The second-order valence-corrected chi connectivity index (χ2v) is 18.4. The van der Waals surface area contributed by atoms with Gasteiger partial charge in [-0.3, -0.25) is 9.59 Å². The van der Waals surface area contributed by atoms with Crippen molar-refractivity contribution in [2.24, 2.45) is 11.8 Å². The molecule has 0 fully saturated rings. The van der Waals surface area contributed by atoms with Gasteiger partial charge in [-0.25, -0.2) is 0 Å². The van der Waals surface area contributed by atoms with Crippen LogP contribution in [-0.2, 0) is 19.1 Å². The summed E-state index contributed by atoms with van der Waals surface area (Å²) in [6, 6.07) is 0. The number of unbranched alkanes of at least 4 members (excludes halogenated alkanes) is 23. The quantitative estimate of drug-likeness (QED) is 0.0488. The van der Waals surface area contributed by atoms with E-state index < -0.39 is 5.60 Å². The van der Waals surface area contributed by atoms with Crippen LogP contribution in [0.3, 0.4) is 0 Å². The highest BCUT2D eigenvalue weighted by atomic mass is 16.5. The number of rotatable bonds is 45. The van der Waals surface area contributed by atoms with E-state index in [9.17, 15) is 14.7 Å². The van der Waals surface area contributed by atoms with Crippen LogP contribution in [0.15, 0.2) is 0 Å². The van der Waals surface area contributed by atoms with Gasteiger partial charge in [0.1, 0.15) is 0 Å². The molecule has 0 aliphatic carbocycles. The molecular weight excluding hydrogens is 707 g/mol. The first kappa shape index (κ1) is 55.9. The lowest BCUT2D eigenvalue weighted by Crippen LogP contribution is -2.29. The maximum absolute atomic E-state index is 13.0. The van der Waals surface area contributed by atoms with Gasteiger partial charge in [-0.15, -0.1) is 0 Å². The van der Waals surface area contributed by atoms with Crippen LogP contribution in [-0.4, -0.2) is 61.4 Å². The number of hydrogen-bond acceptors (Lipinski definition) is 6. The standard InChI is InChI=1S/C51H101NO5/c1-7-11-15-19-21-29-39-47(37-27-17-13-9-3)49(53)56-45-35-25-23-31-41-51(55,43-33-34-44-52(5)6)42-32-24-26-36-46-57-50(54)48(38-28-18-14-10-4)40-30-22-20-16-12-8-2/h47-48,55H,7-46H2,1-6H3. The van der Waals surface area contributed by atoms with Gasteiger partial charge in [0.05, 0.1) is 30.7 Å². The molecule has 57 heavy (non-hydrogen) atoms. The van der Waals surface area contributed by atoms with Crippen molar-refractivity contribution in [1.82, 2.24) is 4.90 Å². The van der Waals surface area contributed by atoms with E-state index in [2.05, 4.69) is 46.7 Å². The fraction of sp³-hybridized carbons (Fsp3) is 0.961. The van der Waals surface area contributed by atoms with Crippen LogP contribution < -0.4 is 0 Å². The van der Waals surface area contributed by atoms with E-state index in [4.69, 9.17) is 9.47 Å². The van der Waals surface area contributed by atoms with Gasteiger partial charge in [-0.05, 0) is 91.3 Å². The van der Waals surface area contributed by atoms with E-state index >= 15 is 0 Å². The minimum atomic E-state index is -0.603. The van der Waals surface area contributed by atoms with Crippen molar-refractivity contribution >= 4 is 11.9 Å². The average molecular weight is 808 g/mol. The predicted molar refractivity (Wildman–Crippen MR) is 246 cm³/mol. The molecule has 0 radical (unpaired) electrons. The average Bonchev–Trinajstić information content (AvgIpc) is 3.19. The fourth-order valence-corrected chi connectivity index (χ4v) is 8.39. The maximum atomic E-state index is 13.0. The smallest absolute Gasteiger partial charge is 0.308 e. The molecule has 2 atom stereocenters. The molecule has 0 saturated heterocycles. The zero-order valence-electron chi connectivity index (χ0n) is 39.5. The first-order valence-electron chi connectivity index (χ1n) is 25.4. The lowest BCUT2D eigenvalue weighted by molar-refractivity contribution is -0.150. The predicted octanol–water partition coefficient (Wildman–Crippen LogP) is 15.1. The van der Waals surface area contributed by atoms with Crippen LogP contribution in [0.2, 0.25) is 0 Å². The number of carbonyl (C=O) groups excluding carboxylic acids is 2. The molecule has 6 heteroatoms. The highest BCUT2D eigenvalue weighted by molar-refractivity contribution is 5.72. The Morgan fingerprint density at radius 1 is 0.421 bits per heavy atom. The second kappa shape index (κ2) is 41.6. The van der Waals surface area contributed by atoms with E-state index in [-0.39, 0.29) is 23.8 Å². The van der Waals surface area contributed by atoms with Crippen LogP contribution in [0.5, 0.6) is 0 Å². The Kier molecular flexibility index (Phi) is 40.8. The summed E-state index contributed by atoms with van der Waals surface area (Å²) in [6.45, 7) is 11.1. The largest absolute Gasteiger partial charge is 0.465 e. The van der Waals surface area contributed by atoms with Gasteiger partial charge in [-0.2, -0.15) is 0 Å². The molecule has 1 N–H and O–H groups in total. The van der Waals surface area contributed by atoms with Gasteiger partial charge in [0.2, 0.25) is 0 Å². The summed E-state index contributed by atoms with van der Waals surface area (Å²) < 4.78 is 11.7. The third-order valence-electron chi connectivity index (χ3n) is 12.4. The minimum Gasteiger partial charge on any atom is -0.465 e. The van der Waals surface area contributed by atoms with Gasteiger partial charge in [0.25, 0.3) is 0 Å². The van der Waals surface area contributed by atoms with Gasteiger partial charge in [-0.1, -0.05) is 195 Å². The van der Waals surface area contributed by atoms with E-state index in [1.165, 1.54) is 103 Å². The zero-order valence-corrected chi connectivity index (χ0v) is 39.5. The molecule has 0 aromatic rings. The summed E-state index contributed by atoms with van der Waals surface area (Å²) in [5.74, 6) is 0.220. The first-order valence-corrected chi connectivity index (χ1v) is 25.4. The number of carbonyl (C=O) groups is 2. The van der Waals surface area contributed by atoms with Crippen LogP contribution in [0.1, 0.15) is 265 Å². The Morgan fingerprint density at radius 3 is 1.05 bits per heavy atom. The highest BCUT2D eigenvalue weighted by Gasteiger charge is 2.26. The molecule has 0 bridgehead atoms. The van der Waals surface area contributed by atoms with Gasteiger partial charge in [0, 0.05) is 0 Å². The van der Waals surface area contributed by atoms with Crippen molar-refractivity contribution in [3.63, 3.8) is 0 Å². The monoisotopic (exact) mass is 808 g/mol. The Hall–Kier alpha value is -1.14. The van der Waals surface area contributed by atoms with Gasteiger partial charge >= 0.3 is 11.9 Å². The van der Waals surface area contributed by atoms with Crippen molar-refractivity contribution in [2.45, 2.75) is 271 Å². The van der Waals surface area contributed by atoms with Crippen LogP contribution in [0.25, 0.3) is 0 Å². The highest BCUT2D eigenvalue weighted by Crippen LogP contribution is 2.29. The van der Waals surface area contributed by atoms with Crippen molar-refractivity contribution in [3.8, 4) is 0 Å². The number of nitrogens with zero attached hydrogens (tertiary/aromatic N) is 1. The zero-order chi connectivity index (χ0) is 42.1. The van der Waals surface area contributed by atoms with E-state index in [1.807, 2.05) is 0 Å². The molecule has 0 aliphatic rings. The van der Waals surface area contributed by atoms with Crippen molar-refractivity contribution in [1.29, 1.82) is 0 Å². The molecule has 0 spiro atoms. The molecule has 2 unspecified atom stereocenters. The maximum Gasteiger partial charge on any atom is 0.308 e. The molecule has 340 valence electrons. The van der Waals surface area contributed by atoms with Crippen LogP contribution in [0.4, 0.5) is 0 Å². The SMILES string of the molecule is CCCCCCCCC(CCCCCC)C(=O)OCCCCCCC(O)(CCCCCCOC(=O)C(CCCCCC)CCCCCCCC)CCCCN(C)C. The Labute approximate surface area is 356 Å². The number of aliphatic hydroxyl groups is 1. The lowest BCUT2D eigenvalue weighted by Gasteiger charge is -2.29. The molecular formula is C51H101NO5. The van der Waals surface area contributed by atoms with Crippen molar-refractivity contribution in [3.05, 3.63) is 0 Å². The lowest BCUT2D eigenvalue weighted by atomic mass is 9.85. The molecule has 6 nitrogen and oxygen atoms in total. The van der Waals surface area contributed by atoms with E-state index in [1.54, 1.807) is 0 Å². The number of ether oxygens (including phenoxy) is 2. The van der Waals surface area contributed by atoms with Gasteiger partial charge in [0.15, 0.2) is 0 Å². The summed E-state index contributed by atoms with van der Waals surface area (Å²) in [6.07, 6.45) is 41.5. The number of hydrogen-bond donors (Lipinski definition) is 1. The topological polar surface area (TPSA) is 76.1 Å². The van der Waals surface area contributed by atoms with Gasteiger partial charge < -0.3 is 19.5 Å². The summed E-state index contributed by atoms with van der Waals surface area (Å²) in [5, 5.41) is 11.8. The summed E-state index contributed by atoms with van der Waals surface area (Å²) in [5.41, 5.74) is -0.603. The molecule has 0 rings (SSSR count). The number of esters is 2. The molecule has 0 aromatic heterocycles. The molecule has 0 heterocycles. The molecule has 0 aliphatic heterocycles. The molecule has 0 aromatic carbocycles. The molecule has 0 amide bonds. The van der Waals surface area contributed by atoms with E-state index in [0.29, 0.717) is 13.2 Å². The third kappa shape index (κ3) is 36.4. The minimum absolute atomic E-state index is 0.0378. The summed E-state index contributed by atoms with van der Waals surface area (Å²) >= 11 is 0. The van der Waals surface area contributed by atoms with Crippen molar-refractivity contribution in [2.75, 3.05) is 33.9 Å². The Bertz CT molecular complexity index is 805. The Morgan fingerprint density at radius 2 is 0.702 bits per heavy atom. The summed E-state index contributed by atoms with van der Waals surface area (Å²) in [4.78, 5) is 28.3. The second-order valence-electron chi connectivity index (χ2n) is 18.4. The summed E-state index contributed by atoms with van der Waals surface area (Å²) in [7, 11) is 4.24. The van der Waals surface area contributed by atoms with Crippen LogP contribution >= 0.6 is 0 Å². The van der Waals surface area contributed by atoms with E-state index in [0.717, 1.165) is 141 Å².